The number of benzene rings is 2. The number of aromatic nitrogens is 4. The van der Waals surface area contributed by atoms with Gasteiger partial charge in [-0.2, -0.15) is 4.68 Å². The minimum atomic E-state index is -0.00245. The molecule has 3 aromatic rings. The standard InChI is InChI=1S/C17H16N4O2S/c1-12-6-8-14(9-7-12)21-17(18-19-20-21)24-11-16(22)13-4-3-5-15(10-13)23-2/h3-10H,11H2,1-2H3. The van der Waals surface area contributed by atoms with E-state index in [1.54, 1.807) is 30.0 Å². The second kappa shape index (κ2) is 7.27. The summed E-state index contributed by atoms with van der Waals surface area (Å²) in [6, 6.07) is 15.0. The number of ether oxygens (including phenoxy) is 1. The van der Waals surface area contributed by atoms with Gasteiger partial charge in [0.25, 0.3) is 0 Å². The van der Waals surface area contributed by atoms with Crippen molar-refractivity contribution < 1.29 is 9.53 Å². The highest BCUT2D eigenvalue weighted by molar-refractivity contribution is 7.99. The van der Waals surface area contributed by atoms with Crippen LogP contribution < -0.4 is 4.74 Å². The minimum Gasteiger partial charge on any atom is -0.497 e. The van der Waals surface area contributed by atoms with Gasteiger partial charge in [0, 0.05) is 5.56 Å². The Hall–Kier alpha value is -2.67. The van der Waals surface area contributed by atoms with Crippen molar-refractivity contribution in [1.29, 1.82) is 0 Å². The van der Waals surface area contributed by atoms with Crippen molar-refractivity contribution in [2.24, 2.45) is 0 Å². The normalized spacial score (nSPS) is 10.6. The van der Waals surface area contributed by atoms with Gasteiger partial charge in [-0.05, 0) is 41.6 Å². The van der Waals surface area contributed by atoms with Gasteiger partial charge >= 0.3 is 0 Å². The SMILES string of the molecule is COc1cccc(C(=O)CSc2nnnn2-c2ccc(C)cc2)c1. The Balaban J connectivity index is 1.72. The number of ketones is 1. The number of tetrazole rings is 1. The van der Waals surface area contributed by atoms with E-state index >= 15 is 0 Å². The predicted molar refractivity (Wildman–Crippen MR) is 91.9 cm³/mol. The zero-order valence-corrected chi connectivity index (χ0v) is 14.2. The number of carbonyl (C=O) groups excluding carboxylic acids is 1. The fourth-order valence-corrected chi connectivity index (χ4v) is 2.91. The predicted octanol–water partition coefficient (Wildman–Crippen LogP) is 2.95. The van der Waals surface area contributed by atoms with E-state index in [0.717, 1.165) is 11.3 Å². The fourth-order valence-electron chi connectivity index (χ4n) is 2.13. The smallest absolute Gasteiger partial charge is 0.214 e. The highest BCUT2D eigenvalue weighted by Crippen LogP contribution is 2.21. The van der Waals surface area contributed by atoms with Crippen LogP contribution in [0.2, 0.25) is 0 Å². The number of rotatable bonds is 6. The molecule has 0 spiro atoms. The largest absolute Gasteiger partial charge is 0.497 e. The number of aryl methyl sites for hydroxylation is 1. The summed E-state index contributed by atoms with van der Waals surface area (Å²) in [6.07, 6.45) is 0. The first-order valence-electron chi connectivity index (χ1n) is 7.33. The highest BCUT2D eigenvalue weighted by Gasteiger charge is 2.13. The van der Waals surface area contributed by atoms with Crippen LogP contribution in [0, 0.1) is 6.92 Å². The maximum absolute atomic E-state index is 12.3. The lowest BCUT2D eigenvalue weighted by molar-refractivity contribution is 0.102. The van der Waals surface area contributed by atoms with Gasteiger partial charge < -0.3 is 4.74 Å². The average Bonchev–Trinajstić information content (AvgIpc) is 3.09. The van der Waals surface area contributed by atoms with Crippen molar-refractivity contribution in [3.8, 4) is 11.4 Å². The molecule has 24 heavy (non-hydrogen) atoms. The lowest BCUT2D eigenvalue weighted by Crippen LogP contribution is -2.05. The van der Waals surface area contributed by atoms with Gasteiger partial charge in [-0.1, -0.05) is 41.6 Å². The molecule has 0 atom stereocenters. The molecule has 122 valence electrons. The number of hydrogen-bond donors (Lipinski definition) is 0. The van der Waals surface area contributed by atoms with Crippen molar-refractivity contribution in [1.82, 2.24) is 20.2 Å². The van der Waals surface area contributed by atoms with Gasteiger partial charge in [0.2, 0.25) is 5.16 Å². The maximum atomic E-state index is 12.3. The van der Waals surface area contributed by atoms with Crippen LogP contribution in [0.15, 0.2) is 53.7 Å². The lowest BCUT2D eigenvalue weighted by Gasteiger charge is -2.05. The average molecular weight is 340 g/mol. The number of carbonyl (C=O) groups is 1. The Morgan fingerprint density at radius 1 is 1.21 bits per heavy atom. The summed E-state index contributed by atoms with van der Waals surface area (Å²) in [7, 11) is 1.58. The molecule has 0 aliphatic carbocycles. The second-order valence-electron chi connectivity index (χ2n) is 5.15. The van der Waals surface area contributed by atoms with Crippen LogP contribution >= 0.6 is 11.8 Å². The van der Waals surface area contributed by atoms with Crippen LogP contribution in [0.1, 0.15) is 15.9 Å². The molecular weight excluding hydrogens is 324 g/mol. The molecule has 0 unspecified atom stereocenters. The van der Waals surface area contributed by atoms with Crippen molar-refractivity contribution in [2.45, 2.75) is 12.1 Å². The third-order valence-electron chi connectivity index (χ3n) is 3.44. The summed E-state index contributed by atoms with van der Waals surface area (Å²) in [6.45, 7) is 2.02. The maximum Gasteiger partial charge on any atom is 0.214 e. The fraction of sp³-hybridized carbons (Fsp3) is 0.176. The first-order valence-corrected chi connectivity index (χ1v) is 8.31. The summed E-state index contributed by atoms with van der Waals surface area (Å²) in [4.78, 5) is 12.3. The lowest BCUT2D eigenvalue weighted by atomic mass is 10.1. The molecule has 0 N–H and O–H groups in total. The van der Waals surface area contributed by atoms with E-state index in [1.165, 1.54) is 11.8 Å². The number of methoxy groups -OCH3 is 1. The van der Waals surface area contributed by atoms with Gasteiger partial charge in [0.15, 0.2) is 5.78 Å². The first-order chi connectivity index (χ1) is 11.7. The molecule has 0 aliphatic rings. The quantitative estimate of drug-likeness (QED) is 0.507. The number of hydrogen-bond acceptors (Lipinski definition) is 6. The molecule has 2 aromatic carbocycles. The highest BCUT2D eigenvalue weighted by atomic mass is 32.2. The van der Waals surface area contributed by atoms with Gasteiger partial charge in [0.05, 0.1) is 18.6 Å². The van der Waals surface area contributed by atoms with Crippen molar-refractivity contribution in [3.05, 3.63) is 59.7 Å². The van der Waals surface area contributed by atoms with E-state index in [4.69, 9.17) is 4.74 Å². The molecule has 0 fully saturated rings. The molecule has 1 heterocycles. The molecule has 3 rings (SSSR count). The van der Waals surface area contributed by atoms with Gasteiger partial charge in [-0.25, -0.2) is 0 Å². The molecule has 1 aromatic heterocycles. The van der Waals surface area contributed by atoms with E-state index < -0.39 is 0 Å². The van der Waals surface area contributed by atoms with Gasteiger partial charge in [0.1, 0.15) is 5.75 Å². The van der Waals surface area contributed by atoms with Gasteiger partial charge in [-0.15, -0.1) is 5.10 Å². The van der Waals surface area contributed by atoms with Crippen LogP contribution in [-0.2, 0) is 0 Å². The van der Waals surface area contributed by atoms with Crippen molar-refractivity contribution >= 4 is 17.5 Å². The Kier molecular flexibility index (Phi) is 4.90. The summed E-state index contributed by atoms with van der Waals surface area (Å²) in [5.74, 6) is 0.909. The molecule has 0 bridgehead atoms. The van der Waals surface area contributed by atoms with Crippen molar-refractivity contribution in [2.75, 3.05) is 12.9 Å². The molecular formula is C17H16N4O2S. The van der Waals surface area contributed by atoms with E-state index in [1.807, 2.05) is 37.3 Å². The minimum absolute atomic E-state index is 0.00245. The monoisotopic (exact) mass is 340 g/mol. The van der Waals surface area contributed by atoms with E-state index in [0.29, 0.717) is 16.5 Å². The van der Waals surface area contributed by atoms with Crippen LogP contribution in [0.25, 0.3) is 5.69 Å². The molecule has 6 nitrogen and oxygen atoms in total. The van der Waals surface area contributed by atoms with E-state index in [9.17, 15) is 4.79 Å². The third kappa shape index (κ3) is 3.62. The zero-order chi connectivity index (χ0) is 16.9. The number of nitrogens with zero attached hydrogens (tertiary/aromatic N) is 4. The van der Waals surface area contributed by atoms with Crippen molar-refractivity contribution in [3.63, 3.8) is 0 Å². The summed E-state index contributed by atoms with van der Waals surface area (Å²) in [5.41, 5.74) is 2.63. The van der Waals surface area contributed by atoms with Crippen LogP contribution in [0.3, 0.4) is 0 Å². The Bertz CT molecular complexity index is 846. The first kappa shape index (κ1) is 16.2. The Morgan fingerprint density at radius 2 is 2.00 bits per heavy atom. The topological polar surface area (TPSA) is 69.9 Å². The Morgan fingerprint density at radius 3 is 2.75 bits per heavy atom. The number of thioether (sulfide) groups is 1. The summed E-state index contributed by atoms with van der Waals surface area (Å²) < 4.78 is 6.77. The molecule has 0 saturated carbocycles. The third-order valence-corrected chi connectivity index (χ3v) is 4.36. The van der Waals surface area contributed by atoms with E-state index in [2.05, 4.69) is 15.5 Å². The zero-order valence-electron chi connectivity index (χ0n) is 13.3. The summed E-state index contributed by atoms with van der Waals surface area (Å²) in [5, 5.41) is 12.3. The number of Topliss-reactive ketones (excluding diaryl/α,β-unsaturated/α-hetero) is 1. The molecule has 0 amide bonds. The second-order valence-corrected chi connectivity index (χ2v) is 6.10. The summed E-state index contributed by atoms with van der Waals surface area (Å²) >= 11 is 1.31. The molecule has 7 heteroatoms. The Labute approximate surface area is 143 Å². The van der Waals surface area contributed by atoms with Crippen LogP contribution in [0.4, 0.5) is 0 Å². The molecule has 0 aliphatic heterocycles. The van der Waals surface area contributed by atoms with Gasteiger partial charge in [-0.3, -0.25) is 4.79 Å². The molecule has 0 saturated heterocycles. The van der Waals surface area contributed by atoms with Crippen LogP contribution in [0.5, 0.6) is 5.75 Å². The van der Waals surface area contributed by atoms with E-state index in [-0.39, 0.29) is 11.5 Å². The van der Waals surface area contributed by atoms with Crippen LogP contribution in [-0.4, -0.2) is 38.9 Å². The molecule has 0 radical (unpaired) electrons.